The third-order valence-corrected chi connectivity index (χ3v) is 6.01. The lowest BCUT2D eigenvalue weighted by molar-refractivity contribution is -0.137. The summed E-state index contributed by atoms with van der Waals surface area (Å²) in [5.41, 5.74) is 2.26. The van der Waals surface area contributed by atoms with E-state index in [9.17, 15) is 27.9 Å². The standard InChI is InChI=1S/C31H29F3N2O4/c1-30(2,3)40-22-16-12-20(13-17-22)23(19-10-14-21(15-11-19)31(32,33)34)6-4-9-28(38)35-25-7-5-8-26-24(25)18-27(37)29(39)36-26/h4-17,27,37H,18H2,1-3H3,(H,35,38)(H,36,39). The predicted molar refractivity (Wildman–Crippen MR) is 148 cm³/mol. The number of benzene rings is 3. The summed E-state index contributed by atoms with van der Waals surface area (Å²) in [6.45, 7) is 5.77. The second-order valence-electron chi connectivity index (χ2n) is 10.3. The summed E-state index contributed by atoms with van der Waals surface area (Å²) in [7, 11) is 0. The number of anilines is 2. The second kappa shape index (κ2) is 11.4. The molecule has 0 radical (unpaired) electrons. The number of carbonyl (C=O) groups is 2. The first kappa shape index (κ1) is 28.6. The fourth-order valence-electron chi connectivity index (χ4n) is 4.20. The van der Waals surface area contributed by atoms with Crippen LogP contribution in [0, 0.1) is 0 Å². The molecule has 1 heterocycles. The molecule has 1 aliphatic rings. The van der Waals surface area contributed by atoms with Gasteiger partial charge in [0.1, 0.15) is 17.5 Å². The number of amides is 2. The molecule has 208 valence electrons. The van der Waals surface area contributed by atoms with E-state index < -0.39 is 35.3 Å². The minimum Gasteiger partial charge on any atom is -0.488 e. The summed E-state index contributed by atoms with van der Waals surface area (Å²) >= 11 is 0. The maximum absolute atomic E-state index is 13.1. The number of aliphatic hydroxyl groups excluding tert-OH is 1. The Balaban J connectivity index is 1.60. The molecule has 0 saturated heterocycles. The third-order valence-electron chi connectivity index (χ3n) is 6.01. The summed E-state index contributed by atoms with van der Waals surface area (Å²) < 4.78 is 45.2. The third kappa shape index (κ3) is 7.18. The summed E-state index contributed by atoms with van der Waals surface area (Å²) in [5, 5.41) is 15.3. The predicted octanol–water partition coefficient (Wildman–Crippen LogP) is 6.36. The molecule has 0 aromatic heterocycles. The lowest BCUT2D eigenvalue weighted by atomic mass is 9.96. The number of nitrogens with one attached hydrogen (secondary N) is 2. The van der Waals surface area contributed by atoms with Crippen LogP contribution in [-0.2, 0) is 22.2 Å². The van der Waals surface area contributed by atoms with Gasteiger partial charge >= 0.3 is 6.18 Å². The fraction of sp³-hybridized carbons (Fsp3) is 0.226. The molecular weight excluding hydrogens is 521 g/mol. The number of hydrogen-bond donors (Lipinski definition) is 3. The van der Waals surface area contributed by atoms with E-state index >= 15 is 0 Å². The molecule has 0 spiro atoms. The number of ether oxygens (including phenoxy) is 1. The van der Waals surface area contributed by atoms with Gasteiger partial charge in [0.25, 0.3) is 5.91 Å². The average Bonchev–Trinajstić information content (AvgIpc) is 2.87. The molecule has 0 bridgehead atoms. The Labute approximate surface area is 230 Å². The number of rotatable bonds is 6. The monoisotopic (exact) mass is 550 g/mol. The highest BCUT2D eigenvalue weighted by Crippen LogP contribution is 2.33. The molecule has 0 saturated carbocycles. The Kier molecular flexibility index (Phi) is 8.16. The van der Waals surface area contributed by atoms with Crippen LogP contribution in [0.4, 0.5) is 24.5 Å². The van der Waals surface area contributed by atoms with Crippen LogP contribution in [0.2, 0.25) is 0 Å². The van der Waals surface area contributed by atoms with Gasteiger partial charge < -0.3 is 20.5 Å². The highest BCUT2D eigenvalue weighted by Gasteiger charge is 2.30. The largest absolute Gasteiger partial charge is 0.488 e. The van der Waals surface area contributed by atoms with Crippen molar-refractivity contribution in [3.8, 4) is 5.75 Å². The van der Waals surface area contributed by atoms with Gasteiger partial charge in [-0.25, -0.2) is 0 Å². The van der Waals surface area contributed by atoms with Gasteiger partial charge in [-0.05, 0) is 73.9 Å². The van der Waals surface area contributed by atoms with E-state index in [-0.39, 0.29) is 6.42 Å². The Morgan fingerprint density at radius 2 is 1.62 bits per heavy atom. The van der Waals surface area contributed by atoms with E-state index in [4.69, 9.17) is 4.74 Å². The van der Waals surface area contributed by atoms with Crippen LogP contribution in [0.5, 0.6) is 5.75 Å². The highest BCUT2D eigenvalue weighted by molar-refractivity contribution is 6.03. The smallest absolute Gasteiger partial charge is 0.416 e. The van der Waals surface area contributed by atoms with E-state index in [1.807, 2.05) is 20.8 Å². The maximum atomic E-state index is 13.1. The number of aliphatic hydroxyl groups is 1. The Morgan fingerprint density at radius 3 is 2.23 bits per heavy atom. The Morgan fingerprint density at radius 1 is 1.00 bits per heavy atom. The molecule has 0 fully saturated rings. The molecule has 6 nitrogen and oxygen atoms in total. The molecule has 3 aromatic rings. The molecule has 3 aromatic carbocycles. The molecule has 0 aliphatic carbocycles. The summed E-state index contributed by atoms with van der Waals surface area (Å²) in [6, 6.07) is 17.0. The molecule has 40 heavy (non-hydrogen) atoms. The fourth-order valence-corrected chi connectivity index (χ4v) is 4.20. The van der Waals surface area contributed by atoms with E-state index in [1.165, 1.54) is 24.3 Å². The molecule has 1 aliphatic heterocycles. The van der Waals surface area contributed by atoms with Crippen LogP contribution in [0.1, 0.15) is 43.0 Å². The second-order valence-corrected chi connectivity index (χ2v) is 10.3. The van der Waals surface area contributed by atoms with Crippen molar-refractivity contribution < 1.29 is 32.6 Å². The van der Waals surface area contributed by atoms with Gasteiger partial charge in [-0.2, -0.15) is 13.2 Å². The van der Waals surface area contributed by atoms with Crippen molar-refractivity contribution in [3.63, 3.8) is 0 Å². The molecular formula is C31H29F3N2O4. The number of fused-ring (bicyclic) bond motifs is 1. The molecule has 3 N–H and O–H groups in total. The average molecular weight is 551 g/mol. The first-order chi connectivity index (χ1) is 18.8. The Bertz CT molecular complexity index is 1450. The number of allylic oxidation sites excluding steroid dienone is 2. The Hall–Kier alpha value is -4.37. The van der Waals surface area contributed by atoms with Crippen molar-refractivity contribution in [1.29, 1.82) is 0 Å². The molecule has 2 amide bonds. The number of hydrogen-bond acceptors (Lipinski definition) is 4. The summed E-state index contributed by atoms with van der Waals surface area (Å²) in [4.78, 5) is 24.5. The van der Waals surface area contributed by atoms with Gasteiger partial charge in [0, 0.05) is 29.4 Å². The molecule has 9 heteroatoms. The van der Waals surface area contributed by atoms with Crippen LogP contribution < -0.4 is 15.4 Å². The van der Waals surface area contributed by atoms with Crippen LogP contribution in [0.25, 0.3) is 5.57 Å². The minimum absolute atomic E-state index is 0.0637. The van der Waals surface area contributed by atoms with Crippen molar-refractivity contribution in [2.75, 3.05) is 10.6 Å². The van der Waals surface area contributed by atoms with Crippen LogP contribution in [-0.4, -0.2) is 28.6 Å². The van der Waals surface area contributed by atoms with Gasteiger partial charge in [0.2, 0.25) is 5.91 Å². The van der Waals surface area contributed by atoms with Gasteiger partial charge in [-0.15, -0.1) is 0 Å². The zero-order chi connectivity index (χ0) is 29.1. The van der Waals surface area contributed by atoms with Crippen molar-refractivity contribution >= 4 is 28.8 Å². The van der Waals surface area contributed by atoms with Gasteiger partial charge in [-0.1, -0.05) is 42.5 Å². The van der Waals surface area contributed by atoms with Crippen LogP contribution in [0.15, 0.2) is 85.0 Å². The van der Waals surface area contributed by atoms with Crippen molar-refractivity contribution in [1.82, 2.24) is 0 Å². The van der Waals surface area contributed by atoms with Crippen molar-refractivity contribution in [2.45, 2.75) is 45.1 Å². The maximum Gasteiger partial charge on any atom is 0.416 e. The van der Waals surface area contributed by atoms with E-state index in [1.54, 1.807) is 48.5 Å². The van der Waals surface area contributed by atoms with Crippen LogP contribution >= 0.6 is 0 Å². The molecule has 4 rings (SSSR count). The SMILES string of the molecule is CC(C)(C)Oc1ccc(C(=CC=CC(=O)Nc2cccc3c2CC(O)C(=O)N3)c2ccc(C(F)(F)F)cc2)cc1. The lowest BCUT2D eigenvalue weighted by Crippen LogP contribution is -2.34. The van der Waals surface area contributed by atoms with Gasteiger partial charge in [-0.3, -0.25) is 9.59 Å². The topological polar surface area (TPSA) is 87.7 Å². The first-order valence-electron chi connectivity index (χ1n) is 12.6. The van der Waals surface area contributed by atoms with Crippen molar-refractivity contribution in [2.24, 2.45) is 0 Å². The first-order valence-corrected chi connectivity index (χ1v) is 12.6. The van der Waals surface area contributed by atoms with Crippen molar-refractivity contribution in [3.05, 3.63) is 107 Å². The van der Waals surface area contributed by atoms with E-state index in [2.05, 4.69) is 10.6 Å². The van der Waals surface area contributed by atoms with E-state index in [0.717, 1.165) is 12.1 Å². The van der Waals surface area contributed by atoms with E-state index in [0.29, 0.717) is 39.4 Å². The highest BCUT2D eigenvalue weighted by atomic mass is 19.4. The molecule has 1 atom stereocenters. The normalized spacial score (nSPS) is 15.9. The summed E-state index contributed by atoms with van der Waals surface area (Å²) in [6.07, 6.45) is -1.16. The zero-order valence-corrected chi connectivity index (χ0v) is 22.2. The molecule has 1 unspecified atom stereocenters. The minimum atomic E-state index is -4.46. The zero-order valence-electron chi connectivity index (χ0n) is 22.2. The van der Waals surface area contributed by atoms with Gasteiger partial charge in [0.05, 0.1) is 5.56 Å². The summed E-state index contributed by atoms with van der Waals surface area (Å²) in [5.74, 6) is -0.322. The number of alkyl halides is 3. The lowest BCUT2D eigenvalue weighted by Gasteiger charge is -2.23. The van der Waals surface area contributed by atoms with Crippen LogP contribution in [0.3, 0.4) is 0 Å². The number of halogens is 3. The number of carbonyl (C=O) groups excluding carboxylic acids is 2. The van der Waals surface area contributed by atoms with Gasteiger partial charge in [0.15, 0.2) is 0 Å². The quantitative estimate of drug-likeness (QED) is 0.246.